The highest BCUT2D eigenvalue weighted by Crippen LogP contribution is 2.51. The summed E-state index contributed by atoms with van der Waals surface area (Å²) in [6, 6.07) is 7.87. The number of likely N-dealkylation sites (tertiary alicyclic amines) is 1. The molecule has 3 aliphatic rings. The molecule has 4 atom stereocenters. The van der Waals surface area contributed by atoms with Gasteiger partial charge >= 0.3 is 7.12 Å². The topological polar surface area (TPSA) is 87.1 Å². The van der Waals surface area contributed by atoms with E-state index < -0.39 is 13.0 Å². The second-order valence-corrected chi connectivity index (χ2v) is 12.5. The van der Waals surface area contributed by atoms with Gasteiger partial charge in [-0.05, 0) is 105 Å². The van der Waals surface area contributed by atoms with E-state index in [2.05, 4.69) is 19.9 Å². The van der Waals surface area contributed by atoms with Gasteiger partial charge < -0.3 is 14.8 Å². The Morgan fingerprint density at radius 3 is 2.62 bits per heavy atom. The number of fused-ring (bicyclic) bond motifs is 3. The van der Waals surface area contributed by atoms with Crippen molar-refractivity contribution >= 4 is 36.3 Å². The monoisotopic (exact) mass is 547 g/mol. The van der Waals surface area contributed by atoms with Crippen molar-refractivity contribution in [3.8, 4) is 5.75 Å². The summed E-state index contributed by atoms with van der Waals surface area (Å²) in [4.78, 5) is 29.6. The van der Waals surface area contributed by atoms with E-state index in [1.807, 2.05) is 43.5 Å². The van der Waals surface area contributed by atoms with Crippen LogP contribution in [0.2, 0.25) is 6.32 Å². The van der Waals surface area contributed by atoms with Crippen LogP contribution in [0.15, 0.2) is 46.4 Å². The van der Waals surface area contributed by atoms with E-state index in [1.54, 1.807) is 11.3 Å². The van der Waals surface area contributed by atoms with Gasteiger partial charge in [0.15, 0.2) is 0 Å². The van der Waals surface area contributed by atoms with Gasteiger partial charge in [-0.25, -0.2) is 0 Å². The summed E-state index contributed by atoms with van der Waals surface area (Å²) in [5.41, 5.74) is 6.34. The summed E-state index contributed by atoms with van der Waals surface area (Å²) in [5, 5.41) is 22.8. The van der Waals surface area contributed by atoms with Gasteiger partial charge in [-0.2, -0.15) is 0 Å². The van der Waals surface area contributed by atoms with Gasteiger partial charge in [-0.1, -0.05) is 36.6 Å². The predicted molar refractivity (Wildman–Crippen MR) is 155 cm³/mol. The largest absolute Gasteiger partial charge is 0.507 e. The molecule has 0 spiro atoms. The van der Waals surface area contributed by atoms with Crippen LogP contribution in [0.25, 0.3) is 6.08 Å². The Balaban J connectivity index is 1.39. The number of carbonyl (C=O) groups is 2. The fourth-order valence-electron chi connectivity index (χ4n) is 6.87. The van der Waals surface area contributed by atoms with Gasteiger partial charge in [0.1, 0.15) is 5.75 Å². The zero-order chi connectivity index (χ0) is 27.8. The van der Waals surface area contributed by atoms with E-state index in [9.17, 15) is 19.7 Å². The molecule has 1 aromatic heterocycles. The number of hydrogen-bond donors (Lipinski definition) is 2. The molecule has 1 aliphatic carbocycles. The van der Waals surface area contributed by atoms with E-state index in [0.29, 0.717) is 31.5 Å². The third-order valence-electron chi connectivity index (χ3n) is 8.57. The van der Waals surface area contributed by atoms with Crippen molar-refractivity contribution in [3.63, 3.8) is 0 Å². The highest BCUT2D eigenvalue weighted by atomic mass is 32.1. The number of aryl methyl sites for hydroxylation is 2. The fraction of sp³-hybridized carbons (Fsp3) is 0.484. The van der Waals surface area contributed by atoms with Crippen LogP contribution < -0.4 is 0 Å². The molecule has 2 aromatic rings. The van der Waals surface area contributed by atoms with Gasteiger partial charge in [0.2, 0.25) is 11.8 Å². The van der Waals surface area contributed by atoms with Gasteiger partial charge in [-0.3, -0.25) is 14.5 Å². The number of imide groups is 1. The summed E-state index contributed by atoms with van der Waals surface area (Å²) in [5.74, 6) is -0.772. The van der Waals surface area contributed by atoms with Crippen LogP contribution in [0.1, 0.15) is 67.5 Å². The summed E-state index contributed by atoms with van der Waals surface area (Å²) in [6.07, 6.45) is 6.12. The van der Waals surface area contributed by atoms with Crippen molar-refractivity contribution in [1.82, 2.24) is 4.90 Å². The maximum absolute atomic E-state index is 13.7. The highest BCUT2D eigenvalue weighted by Gasteiger charge is 2.57. The number of phenols is 1. The Labute approximate surface area is 235 Å². The highest BCUT2D eigenvalue weighted by molar-refractivity contribution is 7.09. The molecule has 0 unspecified atom stereocenters. The Hall–Kier alpha value is -2.68. The number of carbonyl (C=O) groups excluding carboxylic acids is 2. The molecular formula is C31H38BNO5S. The van der Waals surface area contributed by atoms with Crippen LogP contribution in [0.5, 0.6) is 5.75 Å². The lowest BCUT2D eigenvalue weighted by Crippen LogP contribution is -2.46. The third-order valence-corrected chi connectivity index (χ3v) is 9.43. The number of aromatic hydroxyl groups is 1. The van der Waals surface area contributed by atoms with Crippen LogP contribution in [0.4, 0.5) is 0 Å². The summed E-state index contributed by atoms with van der Waals surface area (Å²) >= 11 is 1.56. The number of amides is 2. The first-order chi connectivity index (χ1) is 18.7. The molecule has 1 aromatic carbocycles. The minimum atomic E-state index is -0.952. The fourth-order valence-corrected chi connectivity index (χ4v) is 7.56. The van der Waals surface area contributed by atoms with E-state index >= 15 is 0 Å². The quantitative estimate of drug-likeness (QED) is 0.239. The molecule has 8 heteroatoms. The molecule has 2 saturated heterocycles. The van der Waals surface area contributed by atoms with Crippen LogP contribution in [-0.2, 0) is 20.8 Å². The lowest BCUT2D eigenvalue weighted by molar-refractivity contribution is -0.140. The van der Waals surface area contributed by atoms with Crippen LogP contribution in [0, 0.1) is 31.6 Å². The normalized spacial score (nSPS) is 25.4. The third kappa shape index (κ3) is 5.52. The molecule has 5 rings (SSSR count). The van der Waals surface area contributed by atoms with Crippen molar-refractivity contribution in [1.29, 1.82) is 0 Å². The first-order valence-electron chi connectivity index (χ1n) is 14.1. The maximum atomic E-state index is 13.7. The first kappa shape index (κ1) is 27.9. The minimum absolute atomic E-state index is 0.0677. The van der Waals surface area contributed by atoms with E-state index in [1.165, 1.54) is 16.0 Å². The molecule has 2 aliphatic heterocycles. The smallest absolute Gasteiger partial charge is 0.455 e. The second kappa shape index (κ2) is 11.4. The molecule has 0 radical (unpaired) electrons. The van der Waals surface area contributed by atoms with Crippen molar-refractivity contribution in [2.45, 2.75) is 78.8 Å². The van der Waals surface area contributed by atoms with Crippen LogP contribution in [-0.4, -0.2) is 40.1 Å². The van der Waals surface area contributed by atoms with Gasteiger partial charge in [0.05, 0.1) is 24.5 Å². The Kier molecular flexibility index (Phi) is 8.17. The van der Waals surface area contributed by atoms with Crippen molar-refractivity contribution < 1.29 is 24.4 Å². The lowest BCUT2D eigenvalue weighted by Gasteiger charge is -2.43. The number of allylic oxidation sites excluding steroid dienone is 2. The van der Waals surface area contributed by atoms with Gasteiger partial charge in [0, 0.05) is 4.88 Å². The maximum Gasteiger partial charge on any atom is 0.455 e. The second-order valence-electron chi connectivity index (χ2n) is 11.4. The standard InChI is InChI=1S/C31H38BNO5S/c1-5-7-22-15-24-28(31(36)33(30(24)35)17-23-8-6-11-39-23)25-16-32(37)38-26(27(22)25)10-9-18(2)12-21-13-19(3)29(34)20(4)14-21/h6,8,11-14,24-26,28,34,37H,5,7,9-10,15-17H2,1-4H3/b18-12+/t24-,25+,26-,28-/m1/s1. The molecule has 3 heterocycles. The molecular weight excluding hydrogens is 509 g/mol. The van der Waals surface area contributed by atoms with E-state index in [-0.39, 0.29) is 29.8 Å². The Morgan fingerprint density at radius 2 is 1.95 bits per heavy atom. The zero-order valence-corrected chi connectivity index (χ0v) is 24.1. The molecule has 0 bridgehead atoms. The molecule has 2 fully saturated rings. The molecule has 206 valence electrons. The van der Waals surface area contributed by atoms with E-state index in [4.69, 9.17) is 4.65 Å². The Bertz CT molecular complexity index is 1290. The van der Waals surface area contributed by atoms with Crippen LogP contribution in [0.3, 0.4) is 0 Å². The SMILES string of the molecule is CCCC1=C2[C@@H](CC/C(C)=C/c3cc(C)c(O)c(C)c3)OB(O)C[C@@H]2[C@@H]2C(=O)N(Cc3cccs3)C(=O)[C@@H]2C1. The van der Waals surface area contributed by atoms with Crippen LogP contribution >= 0.6 is 11.3 Å². The molecule has 2 N–H and O–H groups in total. The number of rotatable bonds is 8. The summed E-state index contributed by atoms with van der Waals surface area (Å²) in [7, 11) is -0.952. The zero-order valence-electron chi connectivity index (χ0n) is 23.3. The average molecular weight is 548 g/mol. The first-order valence-corrected chi connectivity index (χ1v) is 15.0. The van der Waals surface area contributed by atoms with E-state index in [0.717, 1.165) is 46.4 Å². The minimum Gasteiger partial charge on any atom is -0.507 e. The summed E-state index contributed by atoms with van der Waals surface area (Å²) < 4.78 is 6.14. The van der Waals surface area contributed by atoms with Crippen molar-refractivity contribution in [2.75, 3.05) is 0 Å². The summed E-state index contributed by atoms with van der Waals surface area (Å²) in [6.45, 7) is 8.37. The predicted octanol–water partition coefficient (Wildman–Crippen LogP) is 6.05. The number of benzene rings is 1. The molecule has 0 saturated carbocycles. The molecule has 39 heavy (non-hydrogen) atoms. The molecule has 2 amide bonds. The van der Waals surface area contributed by atoms with Crippen molar-refractivity contribution in [2.24, 2.45) is 17.8 Å². The van der Waals surface area contributed by atoms with Gasteiger partial charge in [-0.15, -0.1) is 11.3 Å². The number of nitrogens with zero attached hydrogens (tertiary/aromatic N) is 1. The van der Waals surface area contributed by atoms with Crippen molar-refractivity contribution in [3.05, 3.63) is 67.9 Å². The Morgan fingerprint density at radius 1 is 1.21 bits per heavy atom. The number of hydrogen-bond acceptors (Lipinski definition) is 6. The number of phenolic OH excluding ortho intramolecular Hbond substituents is 1. The molecule has 6 nitrogen and oxygen atoms in total. The van der Waals surface area contributed by atoms with Gasteiger partial charge in [0.25, 0.3) is 0 Å². The number of thiophene rings is 1. The average Bonchev–Trinajstić information content (AvgIpc) is 3.48. The lowest BCUT2D eigenvalue weighted by atomic mass is 9.58.